The SMILES string of the molecule is C=C(C)C(=O)OC1(C(F)(F)C(C)(O[Si](C)(C)C)C(F)(F)F)CCCCC1. The van der Waals surface area contributed by atoms with Crippen molar-refractivity contribution in [2.24, 2.45) is 0 Å². The van der Waals surface area contributed by atoms with Gasteiger partial charge in [-0.1, -0.05) is 13.0 Å². The summed E-state index contributed by atoms with van der Waals surface area (Å²) in [6, 6.07) is 0. The maximum Gasteiger partial charge on any atom is 0.422 e. The highest BCUT2D eigenvalue weighted by atomic mass is 28.4. The summed E-state index contributed by atoms with van der Waals surface area (Å²) in [5.74, 6) is -5.59. The summed E-state index contributed by atoms with van der Waals surface area (Å²) in [7, 11) is -3.03. The summed E-state index contributed by atoms with van der Waals surface area (Å²) in [4.78, 5) is 12.0. The van der Waals surface area contributed by atoms with Crippen LogP contribution >= 0.6 is 0 Å². The largest absolute Gasteiger partial charge is 0.449 e. The van der Waals surface area contributed by atoms with Crippen molar-refractivity contribution >= 4 is 14.3 Å². The molecule has 0 heterocycles. The Hall–Kier alpha value is -0.963. The van der Waals surface area contributed by atoms with Gasteiger partial charge in [-0.2, -0.15) is 22.0 Å². The molecule has 26 heavy (non-hydrogen) atoms. The average molecular weight is 402 g/mol. The summed E-state index contributed by atoms with van der Waals surface area (Å²) in [6.07, 6.45) is -5.02. The Bertz CT molecular complexity index is 548. The van der Waals surface area contributed by atoms with Crippen molar-refractivity contribution in [2.45, 2.75) is 88.9 Å². The molecule has 0 radical (unpaired) electrons. The van der Waals surface area contributed by atoms with E-state index in [-0.39, 0.29) is 31.3 Å². The molecule has 0 N–H and O–H groups in total. The highest BCUT2D eigenvalue weighted by Crippen LogP contribution is 2.56. The summed E-state index contributed by atoms with van der Waals surface area (Å²) in [5, 5.41) is 0. The number of hydrogen-bond donors (Lipinski definition) is 0. The third-order valence-electron chi connectivity index (χ3n) is 4.52. The van der Waals surface area contributed by atoms with E-state index in [9.17, 15) is 18.0 Å². The molecule has 3 nitrogen and oxygen atoms in total. The highest BCUT2D eigenvalue weighted by molar-refractivity contribution is 6.69. The quantitative estimate of drug-likeness (QED) is 0.250. The fourth-order valence-electron chi connectivity index (χ4n) is 3.21. The van der Waals surface area contributed by atoms with E-state index in [2.05, 4.69) is 6.58 Å². The maximum absolute atomic E-state index is 15.5. The molecular weight excluding hydrogens is 375 g/mol. The van der Waals surface area contributed by atoms with Gasteiger partial charge >= 0.3 is 18.1 Å². The summed E-state index contributed by atoms with van der Waals surface area (Å²) < 4.78 is 82.5. The molecule has 9 heteroatoms. The molecule has 0 bridgehead atoms. The van der Waals surface area contributed by atoms with Gasteiger partial charge in [0.25, 0.3) is 0 Å². The molecule has 1 unspecified atom stereocenters. The van der Waals surface area contributed by atoms with Gasteiger partial charge in [0.05, 0.1) is 0 Å². The van der Waals surface area contributed by atoms with E-state index < -0.39 is 37.6 Å². The number of halogens is 5. The molecule has 1 atom stereocenters. The lowest BCUT2D eigenvalue weighted by atomic mass is 9.73. The van der Waals surface area contributed by atoms with Gasteiger partial charge in [0.1, 0.15) is 0 Å². The van der Waals surface area contributed by atoms with Crippen molar-refractivity contribution in [3.63, 3.8) is 0 Å². The standard InChI is InChI=1S/C17H27F5O3Si/c1-12(2)13(23)24-15(10-8-7-9-11-15)16(18,19)14(3,17(20,21)22)25-26(4,5)6/h1,7-11H2,2-6H3. The predicted octanol–water partition coefficient (Wildman–Crippen LogP) is 5.62. The average Bonchev–Trinajstić information content (AvgIpc) is 2.44. The van der Waals surface area contributed by atoms with Crippen molar-refractivity contribution in [1.29, 1.82) is 0 Å². The van der Waals surface area contributed by atoms with Gasteiger partial charge in [-0.3, -0.25) is 0 Å². The van der Waals surface area contributed by atoms with Crippen LogP contribution in [0, 0.1) is 0 Å². The van der Waals surface area contributed by atoms with Crippen LogP contribution in [0.2, 0.25) is 19.6 Å². The molecule has 0 aliphatic heterocycles. The van der Waals surface area contributed by atoms with Gasteiger partial charge in [0.2, 0.25) is 5.60 Å². The molecule has 1 aliphatic rings. The summed E-state index contributed by atoms with van der Waals surface area (Å²) in [5.41, 5.74) is -6.49. The van der Waals surface area contributed by atoms with E-state index in [0.717, 1.165) is 0 Å². The molecule has 0 aromatic rings. The lowest BCUT2D eigenvalue weighted by Gasteiger charge is -2.51. The van der Waals surface area contributed by atoms with Crippen LogP contribution in [0.1, 0.15) is 46.0 Å². The van der Waals surface area contributed by atoms with Crippen molar-refractivity contribution in [1.82, 2.24) is 0 Å². The first kappa shape index (κ1) is 23.1. The van der Waals surface area contributed by atoms with Crippen molar-refractivity contribution < 1.29 is 35.9 Å². The van der Waals surface area contributed by atoms with Crippen LogP contribution in [0.15, 0.2) is 12.2 Å². The molecule has 152 valence electrons. The second-order valence-corrected chi connectivity index (χ2v) is 12.5. The zero-order valence-corrected chi connectivity index (χ0v) is 16.9. The minimum atomic E-state index is -5.35. The summed E-state index contributed by atoms with van der Waals surface area (Å²) in [6.45, 7) is 9.17. The molecule has 0 aromatic carbocycles. The van der Waals surface area contributed by atoms with Crippen LogP contribution in [0.4, 0.5) is 22.0 Å². The van der Waals surface area contributed by atoms with Crippen molar-refractivity contribution in [2.75, 3.05) is 0 Å². The maximum atomic E-state index is 15.5. The minimum Gasteiger partial charge on any atom is -0.449 e. The smallest absolute Gasteiger partial charge is 0.422 e. The van der Waals surface area contributed by atoms with E-state index in [1.54, 1.807) is 0 Å². The van der Waals surface area contributed by atoms with Crippen LogP contribution in [0.25, 0.3) is 0 Å². The lowest BCUT2D eigenvalue weighted by Crippen LogP contribution is -2.71. The second-order valence-electron chi connectivity index (χ2n) is 8.04. The van der Waals surface area contributed by atoms with E-state index in [1.807, 2.05) is 0 Å². The van der Waals surface area contributed by atoms with E-state index in [0.29, 0.717) is 13.3 Å². The minimum absolute atomic E-state index is 0.148. The number of carbonyl (C=O) groups excluding carboxylic acids is 1. The Morgan fingerprint density at radius 2 is 1.50 bits per heavy atom. The molecule has 0 saturated heterocycles. The zero-order valence-electron chi connectivity index (χ0n) is 15.9. The van der Waals surface area contributed by atoms with Gasteiger partial charge < -0.3 is 9.16 Å². The highest BCUT2D eigenvalue weighted by Gasteiger charge is 2.76. The van der Waals surface area contributed by atoms with Crippen LogP contribution in [-0.2, 0) is 14.0 Å². The molecule has 0 aromatic heterocycles. The van der Waals surface area contributed by atoms with E-state index in [1.165, 1.54) is 26.6 Å². The van der Waals surface area contributed by atoms with Crippen molar-refractivity contribution in [3.05, 3.63) is 12.2 Å². The van der Waals surface area contributed by atoms with Crippen molar-refractivity contribution in [3.8, 4) is 0 Å². The molecule has 1 fully saturated rings. The lowest BCUT2D eigenvalue weighted by molar-refractivity contribution is -0.358. The van der Waals surface area contributed by atoms with Gasteiger partial charge in [0, 0.05) is 5.57 Å². The molecule has 0 amide bonds. The Labute approximate surface area is 152 Å². The van der Waals surface area contributed by atoms with Crippen LogP contribution in [-0.4, -0.2) is 37.6 Å². The third kappa shape index (κ3) is 4.29. The van der Waals surface area contributed by atoms with Gasteiger partial charge in [0.15, 0.2) is 13.9 Å². The molecule has 0 spiro atoms. The normalized spacial score (nSPS) is 21.0. The number of ether oxygens (including phenoxy) is 1. The van der Waals surface area contributed by atoms with Gasteiger partial charge in [-0.15, -0.1) is 0 Å². The first-order valence-corrected chi connectivity index (χ1v) is 11.9. The topological polar surface area (TPSA) is 35.5 Å². The molecule has 1 aliphatic carbocycles. The molecular formula is C17H27F5O3Si. The summed E-state index contributed by atoms with van der Waals surface area (Å²) >= 11 is 0. The third-order valence-corrected chi connectivity index (χ3v) is 5.54. The second kappa shape index (κ2) is 7.22. The number of carbonyl (C=O) groups is 1. The van der Waals surface area contributed by atoms with Crippen LogP contribution < -0.4 is 0 Å². The first-order chi connectivity index (χ1) is 11.5. The predicted molar refractivity (Wildman–Crippen MR) is 90.6 cm³/mol. The number of esters is 1. The Balaban J connectivity index is 3.52. The fraction of sp³-hybridized carbons (Fsp3) is 0.824. The number of rotatable bonds is 6. The number of hydrogen-bond acceptors (Lipinski definition) is 3. The monoisotopic (exact) mass is 402 g/mol. The van der Waals surface area contributed by atoms with Gasteiger partial charge in [-0.05, 0) is 59.2 Å². The Morgan fingerprint density at radius 1 is 1.04 bits per heavy atom. The Morgan fingerprint density at radius 3 is 1.85 bits per heavy atom. The van der Waals surface area contributed by atoms with Crippen LogP contribution in [0.3, 0.4) is 0 Å². The van der Waals surface area contributed by atoms with Gasteiger partial charge in [-0.25, -0.2) is 4.79 Å². The van der Waals surface area contributed by atoms with Crippen LogP contribution in [0.5, 0.6) is 0 Å². The number of alkyl halides is 5. The zero-order chi connectivity index (χ0) is 20.6. The molecule has 1 rings (SSSR count). The Kier molecular flexibility index (Phi) is 6.41. The van der Waals surface area contributed by atoms with E-state index in [4.69, 9.17) is 9.16 Å². The van der Waals surface area contributed by atoms with E-state index >= 15 is 8.78 Å². The molecule has 1 saturated carbocycles. The first-order valence-electron chi connectivity index (χ1n) is 8.53. The fourth-order valence-corrected chi connectivity index (χ4v) is 4.68.